The maximum Gasteiger partial charge on any atom is 0.427 e. The van der Waals surface area contributed by atoms with Gasteiger partial charge in [-0.15, -0.1) is 0 Å². The third kappa shape index (κ3) is 2.96. The van der Waals surface area contributed by atoms with Gasteiger partial charge < -0.3 is 0 Å². The second-order valence-electron chi connectivity index (χ2n) is 7.23. The molecule has 1 aliphatic rings. The monoisotopic (exact) mass is 369 g/mol. The molecule has 10 heteroatoms. The summed E-state index contributed by atoms with van der Waals surface area (Å²) < 4.78 is 106. The maximum atomic E-state index is 14.1. The molecule has 1 aliphatic heterocycles. The summed E-state index contributed by atoms with van der Waals surface area (Å²) in [7, 11) is -6.05. The van der Waals surface area contributed by atoms with Crippen molar-refractivity contribution in [2.45, 2.75) is 82.1 Å². The normalized spacial score (nSPS) is 23.8. The highest BCUT2D eigenvalue weighted by atomic mass is 32.2. The predicted molar refractivity (Wildman–Crippen MR) is 73.3 cm³/mol. The lowest BCUT2D eigenvalue weighted by Crippen LogP contribution is -2.68. The minimum atomic E-state index is -6.05. The van der Waals surface area contributed by atoms with Crippen LogP contribution in [-0.4, -0.2) is 40.9 Å². The van der Waals surface area contributed by atoms with Crippen LogP contribution in [0.1, 0.15) is 53.9 Å². The topological polar surface area (TPSA) is 37.4 Å². The Labute approximate surface area is 132 Å². The third-order valence-corrected chi connectivity index (χ3v) is 6.53. The smallest absolute Gasteiger partial charge is 0.205 e. The van der Waals surface area contributed by atoms with Gasteiger partial charge in [0.2, 0.25) is 0 Å². The highest BCUT2D eigenvalue weighted by Gasteiger charge is 2.77. The van der Waals surface area contributed by atoms with E-state index in [0.717, 1.165) is 0 Å². The Morgan fingerprint density at radius 2 is 1.22 bits per heavy atom. The summed E-state index contributed by atoms with van der Waals surface area (Å²) in [5.41, 5.74) is -2.80. The zero-order valence-electron chi connectivity index (χ0n) is 13.6. The maximum absolute atomic E-state index is 14.1. The molecule has 0 spiro atoms. The molecule has 1 saturated heterocycles. The molecule has 138 valence electrons. The number of alkyl halides is 6. The summed E-state index contributed by atoms with van der Waals surface area (Å²) >= 11 is 0. The molecule has 0 unspecified atom stereocenters. The Bertz CT molecular complexity index is 550. The van der Waals surface area contributed by atoms with Crippen LogP contribution < -0.4 is 0 Å². The van der Waals surface area contributed by atoms with Crippen LogP contribution in [-0.2, 0) is 10.0 Å². The van der Waals surface area contributed by atoms with Crippen LogP contribution >= 0.6 is 0 Å². The lowest BCUT2D eigenvalue weighted by atomic mass is 9.83. The van der Waals surface area contributed by atoms with E-state index in [1.807, 2.05) is 0 Å². The lowest BCUT2D eigenvalue weighted by molar-refractivity contribution is -0.273. The molecule has 0 bridgehead atoms. The van der Waals surface area contributed by atoms with Gasteiger partial charge in [0, 0.05) is 18.0 Å². The van der Waals surface area contributed by atoms with Crippen molar-refractivity contribution in [1.29, 1.82) is 0 Å². The molecule has 0 aromatic heterocycles. The van der Waals surface area contributed by atoms with Gasteiger partial charge in [-0.2, -0.15) is 30.6 Å². The highest BCUT2D eigenvalue weighted by Crippen LogP contribution is 2.52. The molecular formula is C13H21F6NO2S. The van der Waals surface area contributed by atoms with Crippen LogP contribution in [0.15, 0.2) is 0 Å². The molecule has 0 radical (unpaired) electrons. The molecule has 0 aromatic rings. The molecule has 1 heterocycles. The van der Waals surface area contributed by atoms with Crippen molar-refractivity contribution in [1.82, 2.24) is 4.31 Å². The van der Waals surface area contributed by atoms with Crippen molar-refractivity contribution >= 4 is 10.0 Å². The number of sulfonamides is 1. The fraction of sp³-hybridized carbons (Fsp3) is 1.00. The molecular weight excluding hydrogens is 348 g/mol. The second-order valence-corrected chi connectivity index (χ2v) is 9.06. The van der Waals surface area contributed by atoms with Crippen molar-refractivity contribution in [3.63, 3.8) is 0 Å². The lowest BCUT2D eigenvalue weighted by Gasteiger charge is -2.52. The first-order valence-electron chi connectivity index (χ1n) is 7.01. The van der Waals surface area contributed by atoms with Gasteiger partial charge in [0.1, 0.15) is 0 Å². The summed E-state index contributed by atoms with van der Waals surface area (Å²) in [5, 5.41) is -5.94. The fourth-order valence-corrected chi connectivity index (χ4v) is 5.38. The number of rotatable bonds is 4. The largest absolute Gasteiger partial charge is 0.427 e. The molecule has 3 nitrogen and oxygen atoms in total. The first-order chi connectivity index (χ1) is 9.82. The average molecular weight is 369 g/mol. The first kappa shape index (κ1) is 20.5. The van der Waals surface area contributed by atoms with E-state index in [0.29, 0.717) is 6.42 Å². The predicted octanol–water partition coefficient (Wildman–Crippen LogP) is 4.24. The molecule has 1 rings (SSSR count). The Morgan fingerprint density at radius 3 is 1.52 bits per heavy atom. The van der Waals surface area contributed by atoms with E-state index in [4.69, 9.17) is 0 Å². The summed E-state index contributed by atoms with van der Waals surface area (Å²) in [6, 6.07) is 0. The van der Waals surface area contributed by atoms with Gasteiger partial charge in [0.15, 0.2) is 0 Å². The van der Waals surface area contributed by atoms with Gasteiger partial charge >= 0.3 is 17.1 Å². The van der Waals surface area contributed by atoms with Crippen LogP contribution in [0.3, 0.4) is 0 Å². The minimum Gasteiger partial charge on any atom is -0.205 e. The quantitative estimate of drug-likeness (QED) is 0.695. The number of piperidine rings is 1. The van der Waals surface area contributed by atoms with Crippen molar-refractivity contribution in [3.05, 3.63) is 0 Å². The van der Waals surface area contributed by atoms with Crippen molar-refractivity contribution in [2.24, 2.45) is 0 Å². The van der Waals surface area contributed by atoms with Gasteiger partial charge in [-0.1, -0.05) is 0 Å². The number of hydrogen-bond acceptors (Lipinski definition) is 2. The molecule has 0 atom stereocenters. The molecule has 0 aliphatic carbocycles. The van der Waals surface area contributed by atoms with E-state index < -0.39 is 45.1 Å². The minimum absolute atomic E-state index is 0.153. The van der Waals surface area contributed by atoms with Crippen LogP contribution in [0.5, 0.6) is 0 Å². The Balaban J connectivity index is 3.56. The van der Waals surface area contributed by atoms with Crippen LogP contribution in [0.25, 0.3) is 0 Å². The van der Waals surface area contributed by atoms with Gasteiger partial charge in [-0.3, -0.25) is 0 Å². The van der Waals surface area contributed by atoms with E-state index in [-0.39, 0.29) is 17.1 Å². The summed E-state index contributed by atoms with van der Waals surface area (Å²) in [4.78, 5) is 0. The summed E-state index contributed by atoms with van der Waals surface area (Å²) in [6.07, 6.45) is 0.803. The SMILES string of the molecule is CC1(C)CCCC(C)(C)N1S(=O)(=O)C(F)(F)C(F)(F)C(C)(F)F. The Morgan fingerprint density at radius 1 is 0.870 bits per heavy atom. The number of halogens is 6. The van der Waals surface area contributed by atoms with Crippen molar-refractivity contribution in [3.8, 4) is 0 Å². The van der Waals surface area contributed by atoms with E-state index in [9.17, 15) is 34.8 Å². The van der Waals surface area contributed by atoms with Crippen LogP contribution in [0.2, 0.25) is 0 Å². The van der Waals surface area contributed by atoms with Gasteiger partial charge in [0.25, 0.3) is 10.0 Å². The highest BCUT2D eigenvalue weighted by molar-refractivity contribution is 7.90. The molecule has 0 N–H and O–H groups in total. The average Bonchev–Trinajstić information content (AvgIpc) is 2.23. The summed E-state index contributed by atoms with van der Waals surface area (Å²) in [5.74, 6) is -11.2. The van der Waals surface area contributed by atoms with Gasteiger partial charge in [0.05, 0.1) is 0 Å². The van der Waals surface area contributed by atoms with Crippen LogP contribution in [0.4, 0.5) is 26.3 Å². The molecule has 0 saturated carbocycles. The molecule has 0 amide bonds. The third-order valence-electron chi connectivity index (χ3n) is 4.16. The van der Waals surface area contributed by atoms with E-state index in [1.165, 1.54) is 27.7 Å². The van der Waals surface area contributed by atoms with E-state index >= 15 is 0 Å². The fourth-order valence-electron chi connectivity index (χ4n) is 3.16. The van der Waals surface area contributed by atoms with E-state index in [2.05, 4.69) is 0 Å². The van der Waals surface area contributed by atoms with Gasteiger partial charge in [-0.25, -0.2) is 8.42 Å². The number of nitrogens with zero attached hydrogens (tertiary/aromatic N) is 1. The zero-order chi connectivity index (χ0) is 18.7. The number of hydrogen-bond donors (Lipinski definition) is 0. The van der Waals surface area contributed by atoms with Crippen molar-refractivity contribution in [2.75, 3.05) is 0 Å². The summed E-state index contributed by atoms with van der Waals surface area (Å²) in [6.45, 7) is 4.81. The first-order valence-corrected chi connectivity index (χ1v) is 8.45. The van der Waals surface area contributed by atoms with Gasteiger partial charge in [-0.05, 0) is 47.0 Å². The van der Waals surface area contributed by atoms with E-state index in [1.54, 1.807) is 0 Å². The molecule has 23 heavy (non-hydrogen) atoms. The second kappa shape index (κ2) is 5.24. The van der Waals surface area contributed by atoms with Crippen molar-refractivity contribution < 1.29 is 34.8 Å². The van der Waals surface area contributed by atoms with Crippen LogP contribution in [0, 0.1) is 0 Å². The molecule has 1 fully saturated rings. The molecule has 0 aromatic carbocycles. The Hall–Kier alpha value is -0.510. The standard InChI is InChI=1S/C13H21F6NO2S/c1-9(2)7-6-8-10(3,4)20(9)23(21,22)13(18,19)12(16,17)11(5,14)15/h6-8H2,1-5H3. The zero-order valence-corrected chi connectivity index (χ0v) is 14.4. The Kier molecular flexibility index (Phi) is 4.68.